The van der Waals surface area contributed by atoms with Crippen molar-refractivity contribution in [1.29, 1.82) is 0 Å². The van der Waals surface area contributed by atoms with E-state index in [9.17, 15) is 16.8 Å². The highest BCUT2D eigenvalue weighted by Crippen LogP contribution is 2.33. The molecule has 0 aliphatic heterocycles. The van der Waals surface area contributed by atoms with Gasteiger partial charge in [-0.15, -0.1) is 0 Å². The lowest BCUT2D eigenvalue weighted by atomic mass is 10.2. The summed E-state index contributed by atoms with van der Waals surface area (Å²) in [4.78, 5) is 3.72. The number of sulfone groups is 2. The Morgan fingerprint density at radius 2 is 1.16 bits per heavy atom. The van der Waals surface area contributed by atoms with E-state index in [-0.39, 0.29) is 9.79 Å². The minimum Gasteiger partial charge on any atom is -0.497 e. The molecule has 4 aromatic rings. The zero-order chi connectivity index (χ0) is 22.9. The van der Waals surface area contributed by atoms with Crippen LogP contribution < -0.4 is 9.47 Å². The Morgan fingerprint density at radius 1 is 0.656 bits per heavy atom. The van der Waals surface area contributed by atoms with Gasteiger partial charge in [-0.25, -0.2) is 21.8 Å². The summed E-state index contributed by atoms with van der Waals surface area (Å²) in [5.41, 5.74) is 0.369. The third-order valence-corrected chi connectivity index (χ3v) is 8.56. The van der Waals surface area contributed by atoms with E-state index in [1.807, 2.05) is 0 Å². The van der Waals surface area contributed by atoms with Gasteiger partial charge in [-0.2, -0.15) is 0 Å². The molecule has 0 unspecified atom stereocenters. The topological polar surface area (TPSA) is 99.6 Å². The van der Waals surface area contributed by atoms with Gasteiger partial charge in [0.1, 0.15) is 16.4 Å². The van der Waals surface area contributed by atoms with Crippen LogP contribution in [0.25, 0.3) is 10.9 Å². The first-order chi connectivity index (χ1) is 15.3. The van der Waals surface area contributed by atoms with Gasteiger partial charge in [0.15, 0.2) is 5.03 Å². The summed E-state index contributed by atoms with van der Waals surface area (Å²) in [5, 5.41) is -0.0227. The van der Waals surface area contributed by atoms with Gasteiger partial charge in [0.2, 0.25) is 19.7 Å². The Bertz CT molecular complexity index is 1380. The SMILES string of the molecule is COc1ccc(S(=O)(=O)c2cc3ccccc3nc2S(=O)(=O)c2ccc(OC)cc2)cc1. The van der Waals surface area contributed by atoms with Crippen molar-refractivity contribution in [2.24, 2.45) is 0 Å². The Hall–Kier alpha value is -3.43. The van der Waals surface area contributed by atoms with Crippen LogP contribution in [0.2, 0.25) is 0 Å². The molecule has 4 rings (SSSR count). The molecule has 3 aromatic carbocycles. The van der Waals surface area contributed by atoms with Gasteiger partial charge >= 0.3 is 0 Å². The van der Waals surface area contributed by atoms with Crippen molar-refractivity contribution in [2.75, 3.05) is 14.2 Å². The zero-order valence-corrected chi connectivity index (χ0v) is 18.9. The normalized spacial score (nSPS) is 11.9. The van der Waals surface area contributed by atoms with Crippen LogP contribution in [0.15, 0.2) is 98.6 Å². The fraction of sp³-hybridized carbons (Fsp3) is 0.0870. The van der Waals surface area contributed by atoms with E-state index < -0.39 is 29.6 Å². The maximum atomic E-state index is 13.5. The molecule has 32 heavy (non-hydrogen) atoms. The lowest BCUT2D eigenvalue weighted by molar-refractivity contribution is 0.414. The first kappa shape index (κ1) is 21.8. The van der Waals surface area contributed by atoms with Crippen molar-refractivity contribution < 1.29 is 26.3 Å². The maximum Gasteiger partial charge on any atom is 0.225 e. The molecule has 0 atom stereocenters. The summed E-state index contributed by atoms with van der Waals surface area (Å²) >= 11 is 0. The first-order valence-electron chi connectivity index (χ1n) is 9.45. The largest absolute Gasteiger partial charge is 0.497 e. The van der Waals surface area contributed by atoms with Gasteiger partial charge in [0, 0.05) is 5.39 Å². The van der Waals surface area contributed by atoms with Crippen LogP contribution >= 0.6 is 0 Å². The highest BCUT2D eigenvalue weighted by Gasteiger charge is 2.31. The van der Waals surface area contributed by atoms with Gasteiger partial charge < -0.3 is 9.47 Å². The number of methoxy groups -OCH3 is 2. The number of hydrogen-bond acceptors (Lipinski definition) is 7. The van der Waals surface area contributed by atoms with Crippen LogP contribution in [-0.2, 0) is 19.7 Å². The molecule has 0 fully saturated rings. The lowest BCUT2D eigenvalue weighted by Crippen LogP contribution is -2.13. The summed E-state index contributed by atoms with van der Waals surface area (Å²) in [7, 11) is -5.54. The van der Waals surface area contributed by atoms with E-state index in [2.05, 4.69) is 4.98 Å². The van der Waals surface area contributed by atoms with Crippen molar-refractivity contribution in [1.82, 2.24) is 4.98 Å². The second-order valence-corrected chi connectivity index (χ2v) is 10.6. The lowest BCUT2D eigenvalue weighted by Gasteiger charge is -2.13. The second-order valence-electron chi connectivity index (χ2n) is 6.84. The Balaban J connectivity index is 1.98. The number of para-hydroxylation sites is 1. The molecule has 164 valence electrons. The zero-order valence-electron chi connectivity index (χ0n) is 17.2. The molecule has 9 heteroatoms. The molecule has 0 spiro atoms. The number of fused-ring (bicyclic) bond motifs is 1. The summed E-state index contributed by atoms with van der Waals surface area (Å²) in [6, 6.07) is 19.5. The van der Waals surface area contributed by atoms with Crippen molar-refractivity contribution in [3.63, 3.8) is 0 Å². The molecule has 1 aromatic heterocycles. The number of nitrogens with zero attached hydrogens (tertiary/aromatic N) is 1. The molecule has 0 N–H and O–H groups in total. The van der Waals surface area contributed by atoms with Gasteiger partial charge in [0.05, 0.1) is 29.5 Å². The second kappa shape index (κ2) is 8.25. The summed E-state index contributed by atoms with van der Waals surface area (Å²) in [6.07, 6.45) is 0. The van der Waals surface area contributed by atoms with Gasteiger partial charge in [-0.1, -0.05) is 18.2 Å². The smallest absolute Gasteiger partial charge is 0.225 e. The number of ether oxygens (including phenoxy) is 2. The quantitative estimate of drug-likeness (QED) is 0.422. The fourth-order valence-corrected chi connectivity index (χ4v) is 6.44. The number of rotatable bonds is 6. The molecule has 0 amide bonds. The standard InChI is InChI=1S/C23H19NO6S2/c1-29-17-7-11-19(12-8-17)31(25,26)22-15-16-5-3-4-6-21(16)24-23(22)32(27,28)20-13-9-18(30-2)10-14-20/h3-15H,1-2H3. The number of benzene rings is 3. The molecule has 0 saturated carbocycles. The maximum absolute atomic E-state index is 13.5. The third kappa shape index (κ3) is 3.80. The average molecular weight is 470 g/mol. The summed E-state index contributed by atoms with van der Waals surface area (Å²) in [6.45, 7) is 0. The fourth-order valence-electron chi connectivity index (χ4n) is 3.21. The summed E-state index contributed by atoms with van der Waals surface area (Å²) in [5.74, 6) is 0.952. The van der Waals surface area contributed by atoms with Gasteiger partial charge in [0.25, 0.3) is 0 Å². The molecule has 0 saturated heterocycles. The van der Waals surface area contributed by atoms with Crippen LogP contribution in [0.5, 0.6) is 11.5 Å². The van der Waals surface area contributed by atoms with Crippen LogP contribution in [0.4, 0.5) is 0 Å². The van der Waals surface area contributed by atoms with Crippen molar-refractivity contribution in [3.05, 3.63) is 78.9 Å². The molecule has 0 aliphatic rings. The van der Waals surface area contributed by atoms with Gasteiger partial charge in [-0.05, 0) is 60.7 Å². The molecular formula is C23H19NO6S2. The first-order valence-corrected chi connectivity index (χ1v) is 12.4. The van der Waals surface area contributed by atoms with Crippen LogP contribution in [-0.4, -0.2) is 36.0 Å². The number of aromatic nitrogens is 1. The van der Waals surface area contributed by atoms with Crippen molar-refractivity contribution >= 4 is 30.6 Å². The van der Waals surface area contributed by atoms with Crippen LogP contribution in [0, 0.1) is 0 Å². The van der Waals surface area contributed by atoms with E-state index >= 15 is 0 Å². The highest BCUT2D eigenvalue weighted by molar-refractivity contribution is 7.94. The molecule has 7 nitrogen and oxygen atoms in total. The van der Waals surface area contributed by atoms with E-state index in [0.29, 0.717) is 22.4 Å². The minimum atomic E-state index is -4.26. The molecular weight excluding hydrogens is 450 g/mol. The van der Waals surface area contributed by atoms with E-state index in [1.54, 1.807) is 24.3 Å². The molecule has 0 radical (unpaired) electrons. The Morgan fingerprint density at radius 3 is 1.69 bits per heavy atom. The minimum absolute atomic E-state index is 0.0680. The van der Waals surface area contributed by atoms with Gasteiger partial charge in [-0.3, -0.25) is 0 Å². The van der Waals surface area contributed by atoms with Crippen LogP contribution in [0.3, 0.4) is 0 Å². The predicted octanol–water partition coefficient (Wildman–Crippen LogP) is 3.92. The van der Waals surface area contributed by atoms with E-state index in [0.717, 1.165) is 0 Å². The van der Waals surface area contributed by atoms with Crippen LogP contribution in [0.1, 0.15) is 0 Å². The number of hydrogen-bond donors (Lipinski definition) is 0. The predicted molar refractivity (Wildman–Crippen MR) is 119 cm³/mol. The Kier molecular flexibility index (Phi) is 5.62. The van der Waals surface area contributed by atoms with Crippen molar-refractivity contribution in [3.8, 4) is 11.5 Å². The molecule has 0 bridgehead atoms. The van der Waals surface area contributed by atoms with Crippen molar-refractivity contribution in [2.45, 2.75) is 19.7 Å². The van der Waals surface area contributed by atoms with E-state index in [1.165, 1.54) is 68.8 Å². The monoisotopic (exact) mass is 469 g/mol. The number of pyridine rings is 1. The molecule has 1 heterocycles. The average Bonchev–Trinajstić information content (AvgIpc) is 2.83. The molecule has 0 aliphatic carbocycles. The highest BCUT2D eigenvalue weighted by atomic mass is 32.2. The Labute approximate surface area is 186 Å². The summed E-state index contributed by atoms with van der Waals surface area (Å²) < 4.78 is 64.2. The third-order valence-electron chi connectivity index (χ3n) is 4.94. The van der Waals surface area contributed by atoms with E-state index in [4.69, 9.17) is 9.47 Å².